The molecular weight excluding hydrogens is 244 g/mol. The van der Waals surface area contributed by atoms with E-state index in [1.807, 2.05) is 6.92 Å². The zero-order valence-electron chi connectivity index (χ0n) is 11.6. The van der Waals surface area contributed by atoms with Gasteiger partial charge in [0, 0.05) is 17.3 Å². The molecule has 0 bridgehead atoms. The molecular formula is C14H20N2O3. The highest BCUT2D eigenvalue weighted by Crippen LogP contribution is 2.34. The summed E-state index contributed by atoms with van der Waals surface area (Å²) in [6.07, 6.45) is 3.16. The van der Waals surface area contributed by atoms with Crippen molar-refractivity contribution in [1.82, 2.24) is 5.32 Å². The molecule has 5 nitrogen and oxygen atoms in total. The van der Waals surface area contributed by atoms with Gasteiger partial charge in [-0.05, 0) is 32.3 Å². The molecule has 1 fully saturated rings. The second kappa shape index (κ2) is 4.99. The number of carbonyl (C=O) groups is 1. The van der Waals surface area contributed by atoms with Gasteiger partial charge in [-0.2, -0.15) is 0 Å². The number of rotatable bonds is 4. The molecule has 19 heavy (non-hydrogen) atoms. The van der Waals surface area contributed by atoms with Gasteiger partial charge in [0.15, 0.2) is 11.5 Å². The van der Waals surface area contributed by atoms with Gasteiger partial charge in [0.2, 0.25) is 0 Å². The minimum Gasteiger partial charge on any atom is -0.493 e. The fourth-order valence-corrected chi connectivity index (χ4v) is 2.26. The van der Waals surface area contributed by atoms with Crippen LogP contribution in [0.1, 0.15) is 36.5 Å². The van der Waals surface area contributed by atoms with Crippen LogP contribution in [0, 0.1) is 0 Å². The molecule has 0 aromatic heterocycles. The van der Waals surface area contributed by atoms with Crippen molar-refractivity contribution in [2.24, 2.45) is 0 Å². The number of benzene rings is 1. The number of carbonyl (C=O) groups excluding carboxylic acids is 1. The van der Waals surface area contributed by atoms with Gasteiger partial charge in [-0.3, -0.25) is 4.79 Å². The normalized spacial score (nSPS) is 16.4. The Bertz CT molecular complexity index is 496. The van der Waals surface area contributed by atoms with E-state index in [1.165, 1.54) is 14.2 Å². The van der Waals surface area contributed by atoms with E-state index in [4.69, 9.17) is 15.2 Å². The van der Waals surface area contributed by atoms with E-state index in [-0.39, 0.29) is 11.4 Å². The van der Waals surface area contributed by atoms with E-state index in [1.54, 1.807) is 12.1 Å². The molecule has 0 heterocycles. The molecule has 0 atom stereocenters. The summed E-state index contributed by atoms with van der Waals surface area (Å²) in [5.41, 5.74) is 6.61. The van der Waals surface area contributed by atoms with Crippen LogP contribution >= 0.6 is 0 Å². The summed E-state index contributed by atoms with van der Waals surface area (Å²) in [6.45, 7) is 2.05. The van der Waals surface area contributed by atoms with Crippen molar-refractivity contribution in [3.05, 3.63) is 17.7 Å². The maximum atomic E-state index is 12.3. The summed E-state index contributed by atoms with van der Waals surface area (Å²) >= 11 is 0. The Morgan fingerprint density at radius 2 is 1.84 bits per heavy atom. The molecule has 104 valence electrons. The second-order valence-electron chi connectivity index (χ2n) is 5.16. The monoisotopic (exact) mass is 264 g/mol. The molecule has 1 aromatic carbocycles. The van der Waals surface area contributed by atoms with Crippen molar-refractivity contribution in [1.29, 1.82) is 0 Å². The van der Waals surface area contributed by atoms with Crippen molar-refractivity contribution >= 4 is 11.6 Å². The topological polar surface area (TPSA) is 73.6 Å². The van der Waals surface area contributed by atoms with Gasteiger partial charge in [0.05, 0.1) is 19.8 Å². The Morgan fingerprint density at radius 1 is 1.26 bits per heavy atom. The highest BCUT2D eigenvalue weighted by Gasteiger charge is 2.33. The van der Waals surface area contributed by atoms with E-state index >= 15 is 0 Å². The Labute approximate surface area is 113 Å². The molecule has 3 N–H and O–H groups in total. The van der Waals surface area contributed by atoms with Gasteiger partial charge >= 0.3 is 0 Å². The van der Waals surface area contributed by atoms with Crippen LogP contribution in [0.2, 0.25) is 0 Å². The highest BCUT2D eigenvalue weighted by atomic mass is 16.5. The number of hydrogen-bond acceptors (Lipinski definition) is 4. The average Bonchev–Trinajstić information content (AvgIpc) is 2.36. The van der Waals surface area contributed by atoms with E-state index in [9.17, 15) is 4.79 Å². The fourth-order valence-electron chi connectivity index (χ4n) is 2.26. The van der Waals surface area contributed by atoms with Crippen molar-refractivity contribution in [2.45, 2.75) is 31.7 Å². The van der Waals surface area contributed by atoms with Crippen LogP contribution in [0.15, 0.2) is 12.1 Å². The van der Waals surface area contributed by atoms with Gasteiger partial charge in [0.1, 0.15) is 0 Å². The number of nitrogen functional groups attached to an aromatic ring is 1. The van der Waals surface area contributed by atoms with Gasteiger partial charge in [-0.1, -0.05) is 0 Å². The van der Waals surface area contributed by atoms with Crippen LogP contribution in [0.4, 0.5) is 5.69 Å². The third-order valence-corrected chi connectivity index (χ3v) is 3.67. The maximum Gasteiger partial charge on any atom is 0.253 e. The Kier molecular flexibility index (Phi) is 3.55. The number of nitrogens with one attached hydrogen (secondary N) is 1. The molecule has 1 saturated carbocycles. The van der Waals surface area contributed by atoms with E-state index in [0.717, 1.165) is 19.3 Å². The predicted octanol–water partition coefficient (Wildman–Crippen LogP) is 1.96. The van der Waals surface area contributed by atoms with Crippen LogP contribution in [-0.2, 0) is 0 Å². The summed E-state index contributed by atoms with van der Waals surface area (Å²) in [5.74, 6) is 0.854. The maximum absolute atomic E-state index is 12.3. The highest BCUT2D eigenvalue weighted by molar-refractivity contribution is 6.00. The molecule has 0 aliphatic heterocycles. The average molecular weight is 264 g/mol. The summed E-state index contributed by atoms with van der Waals surface area (Å²) in [6, 6.07) is 3.22. The first-order chi connectivity index (χ1) is 8.99. The van der Waals surface area contributed by atoms with Crippen LogP contribution < -0.4 is 20.5 Å². The number of ether oxygens (including phenoxy) is 2. The SMILES string of the molecule is COc1cc(N)c(C(=O)NC2(C)CCC2)cc1OC. The molecule has 1 aliphatic carbocycles. The van der Waals surface area contributed by atoms with Gasteiger partial charge in [-0.25, -0.2) is 0 Å². The summed E-state index contributed by atoms with van der Waals surface area (Å²) < 4.78 is 10.3. The standard InChI is InChI=1S/C14H20N2O3/c1-14(5-4-6-14)16-13(17)9-7-11(18-2)12(19-3)8-10(9)15/h7-8H,4-6,15H2,1-3H3,(H,16,17). The largest absolute Gasteiger partial charge is 0.493 e. The fraction of sp³-hybridized carbons (Fsp3) is 0.500. The molecule has 2 rings (SSSR count). The number of methoxy groups -OCH3 is 2. The summed E-state index contributed by atoms with van der Waals surface area (Å²) in [7, 11) is 3.06. The Morgan fingerprint density at radius 3 is 2.32 bits per heavy atom. The molecule has 0 unspecified atom stereocenters. The zero-order valence-corrected chi connectivity index (χ0v) is 11.6. The van der Waals surface area contributed by atoms with Crippen LogP contribution in [0.5, 0.6) is 11.5 Å². The summed E-state index contributed by atoms with van der Waals surface area (Å²) in [5, 5.41) is 3.02. The lowest BCUT2D eigenvalue weighted by Gasteiger charge is -2.39. The third kappa shape index (κ3) is 2.59. The van der Waals surface area contributed by atoms with Crippen LogP contribution in [0.3, 0.4) is 0 Å². The van der Waals surface area contributed by atoms with Crippen molar-refractivity contribution in [3.63, 3.8) is 0 Å². The predicted molar refractivity (Wildman–Crippen MR) is 73.7 cm³/mol. The first kappa shape index (κ1) is 13.5. The third-order valence-electron chi connectivity index (χ3n) is 3.67. The second-order valence-corrected chi connectivity index (χ2v) is 5.16. The molecule has 1 amide bonds. The minimum atomic E-state index is -0.166. The zero-order chi connectivity index (χ0) is 14.0. The molecule has 1 aliphatic rings. The van der Waals surface area contributed by atoms with E-state index in [0.29, 0.717) is 22.7 Å². The lowest BCUT2D eigenvalue weighted by atomic mass is 9.78. The van der Waals surface area contributed by atoms with Crippen molar-refractivity contribution < 1.29 is 14.3 Å². The minimum absolute atomic E-state index is 0.101. The number of hydrogen-bond donors (Lipinski definition) is 2. The Balaban J connectivity index is 2.26. The van der Waals surface area contributed by atoms with Gasteiger partial charge in [0.25, 0.3) is 5.91 Å². The quantitative estimate of drug-likeness (QED) is 0.815. The first-order valence-corrected chi connectivity index (χ1v) is 6.33. The van der Waals surface area contributed by atoms with Crippen LogP contribution in [-0.4, -0.2) is 25.7 Å². The summed E-state index contributed by atoms with van der Waals surface area (Å²) in [4.78, 5) is 12.3. The number of nitrogens with two attached hydrogens (primary N) is 1. The lowest BCUT2D eigenvalue weighted by Crippen LogP contribution is -2.51. The number of amides is 1. The molecule has 5 heteroatoms. The van der Waals surface area contributed by atoms with Crippen molar-refractivity contribution in [3.8, 4) is 11.5 Å². The Hall–Kier alpha value is -1.91. The molecule has 0 radical (unpaired) electrons. The molecule has 1 aromatic rings. The molecule has 0 spiro atoms. The lowest BCUT2D eigenvalue weighted by molar-refractivity contribution is 0.0851. The van der Waals surface area contributed by atoms with Crippen LogP contribution in [0.25, 0.3) is 0 Å². The smallest absolute Gasteiger partial charge is 0.253 e. The van der Waals surface area contributed by atoms with Crippen molar-refractivity contribution in [2.75, 3.05) is 20.0 Å². The molecule has 0 saturated heterocycles. The van der Waals surface area contributed by atoms with E-state index in [2.05, 4.69) is 5.32 Å². The van der Waals surface area contributed by atoms with Gasteiger partial charge < -0.3 is 20.5 Å². The first-order valence-electron chi connectivity index (χ1n) is 6.33. The van der Waals surface area contributed by atoms with Gasteiger partial charge in [-0.15, -0.1) is 0 Å². The van der Waals surface area contributed by atoms with E-state index < -0.39 is 0 Å². The number of anilines is 1.